The molecular formula is C13H13F3N2O2S. The molecule has 114 valence electrons. The Kier molecular flexibility index (Phi) is 4.08. The van der Waals surface area contributed by atoms with Gasteiger partial charge < -0.3 is 16.2 Å². The molecule has 1 aromatic carbocycles. The molecule has 0 aromatic heterocycles. The van der Waals surface area contributed by atoms with Gasteiger partial charge in [-0.2, -0.15) is 4.39 Å². The molecule has 4 nitrogen and oxygen atoms in total. The van der Waals surface area contributed by atoms with Crippen molar-refractivity contribution in [2.24, 2.45) is 5.73 Å². The summed E-state index contributed by atoms with van der Waals surface area (Å²) in [5.41, 5.74) is 3.86. The summed E-state index contributed by atoms with van der Waals surface area (Å²) in [5, 5.41) is 11.6. The van der Waals surface area contributed by atoms with Gasteiger partial charge in [0.25, 0.3) is 5.91 Å². The van der Waals surface area contributed by atoms with Gasteiger partial charge in [-0.3, -0.25) is 4.79 Å². The summed E-state index contributed by atoms with van der Waals surface area (Å²) < 4.78 is 39.9. The molecule has 21 heavy (non-hydrogen) atoms. The molecule has 0 spiro atoms. The number of nitrogens with two attached hydrogens (primary N) is 1. The van der Waals surface area contributed by atoms with E-state index in [1.807, 2.05) is 0 Å². The van der Waals surface area contributed by atoms with Crippen LogP contribution < -0.4 is 11.1 Å². The third-order valence-electron chi connectivity index (χ3n) is 3.66. The lowest BCUT2D eigenvalue weighted by molar-refractivity contribution is 0.0918. The lowest BCUT2D eigenvalue weighted by atomic mass is 9.96. The molecule has 0 bridgehead atoms. The minimum atomic E-state index is -1.74. The normalized spacial score (nSPS) is 16.7. The summed E-state index contributed by atoms with van der Waals surface area (Å²) in [6.07, 6.45) is 2.54. The quantitative estimate of drug-likeness (QED) is 0.589. The molecule has 1 aliphatic rings. The number of benzene rings is 1. The number of amides is 1. The molecule has 1 saturated carbocycles. The highest BCUT2D eigenvalue weighted by Crippen LogP contribution is 2.31. The molecule has 0 atom stereocenters. The van der Waals surface area contributed by atoms with Crippen molar-refractivity contribution < 1.29 is 23.1 Å². The second-order valence-electron chi connectivity index (χ2n) is 4.99. The Morgan fingerprint density at radius 1 is 1.29 bits per heavy atom. The summed E-state index contributed by atoms with van der Waals surface area (Å²) in [5.74, 6) is -7.32. The smallest absolute Gasteiger partial charge is 0.255 e. The number of nitrogens with one attached hydrogen (secondary N) is 1. The van der Waals surface area contributed by atoms with Gasteiger partial charge in [0.1, 0.15) is 0 Å². The van der Waals surface area contributed by atoms with Gasteiger partial charge in [-0.15, -0.1) is 0 Å². The van der Waals surface area contributed by atoms with Crippen LogP contribution in [0, 0.1) is 17.5 Å². The number of carbonyl (C=O) groups is 1. The highest BCUT2D eigenvalue weighted by atomic mass is 32.1. The molecule has 1 aromatic rings. The Labute approximate surface area is 124 Å². The Morgan fingerprint density at radius 3 is 2.38 bits per heavy atom. The number of rotatable bonds is 3. The predicted octanol–water partition coefficient (Wildman–Crippen LogP) is 2.14. The molecule has 8 heteroatoms. The Hall–Kier alpha value is -1.83. The molecule has 0 saturated heterocycles. The summed E-state index contributed by atoms with van der Waals surface area (Å²) in [7, 11) is 0. The zero-order valence-electron chi connectivity index (χ0n) is 10.9. The van der Waals surface area contributed by atoms with Crippen LogP contribution in [0.3, 0.4) is 0 Å². The molecular weight excluding hydrogens is 305 g/mol. The fourth-order valence-corrected chi connectivity index (χ4v) is 2.71. The maximum Gasteiger partial charge on any atom is 0.255 e. The molecule has 4 N–H and O–H groups in total. The number of hydrogen-bond donors (Lipinski definition) is 3. The lowest BCUT2D eigenvalue weighted by Crippen LogP contribution is -2.55. The Morgan fingerprint density at radius 2 is 1.86 bits per heavy atom. The fraction of sp³-hybridized carbons (Fsp3) is 0.385. The number of hydrogen-bond acceptors (Lipinski definition) is 3. The highest BCUT2D eigenvalue weighted by molar-refractivity contribution is 7.80. The maximum absolute atomic E-state index is 13.7. The van der Waals surface area contributed by atoms with Crippen molar-refractivity contribution >= 4 is 23.1 Å². The second kappa shape index (κ2) is 5.51. The van der Waals surface area contributed by atoms with Gasteiger partial charge in [-0.05, 0) is 18.9 Å². The van der Waals surface area contributed by atoms with Crippen LogP contribution in [0.15, 0.2) is 6.07 Å². The van der Waals surface area contributed by atoms with Gasteiger partial charge in [0, 0.05) is 0 Å². The topological polar surface area (TPSA) is 75.3 Å². The van der Waals surface area contributed by atoms with E-state index >= 15 is 0 Å². The van der Waals surface area contributed by atoms with Crippen LogP contribution in [-0.2, 0) is 0 Å². The summed E-state index contributed by atoms with van der Waals surface area (Å²) in [6.45, 7) is 0. The molecule has 1 fully saturated rings. The molecule has 0 aliphatic heterocycles. The first-order valence-electron chi connectivity index (χ1n) is 6.27. The first-order chi connectivity index (χ1) is 9.78. The van der Waals surface area contributed by atoms with Crippen molar-refractivity contribution in [1.82, 2.24) is 5.32 Å². The number of carbonyl (C=O) groups excluding carboxylic acids is 1. The van der Waals surface area contributed by atoms with E-state index in [0.29, 0.717) is 18.9 Å². The SMILES string of the molecule is NC(=S)C1(NC(=O)c2cc(F)c(F)c(O)c2F)CCCC1. The maximum atomic E-state index is 13.7. The van der Waals surface area contributed by atoms with Crippen LogP contribution in [0.1, 0.15) is 36.0 Å². The molecule has 1 amide bonds. The van der Waals surface area contributed by atoms with Crippen LogP contribution >= 0.6 is 12.2 Å². The lowest BCUT2D eigenvalue weighted by Gasteiger charge is -2.29. The number of thiocarbonyl (C=S) groups is 1. The van der Waals surface area contributed by atoms with E-state index in [2.05, 4.69) is 5.32 Å². The van der Waals surface area contributed by atoms with Crippen molar-refractivity contribution in [2.75, 3.05) is 0 Å². The van der Waals surface area contributed by atoms with Crippen LogP contribution in [-0.4, -0.2) is 21.5 Å². The van der Waals surface area contributed by atoms with E-state index < -0.39 is 40.2 Å². The number of phenols is 1. The third kappa shape index (κ3) is 2.67. The molecule has 1 aliphatic carbocycles. The Bertz CT molecular complexity index is 616. The van der Waals surface area contributed by atoms with Crippen molar-refractivity contribution in [3.63, 3.8) is 0 Å². The van der Waals surface area contributed by atoms with Gasteiger partial charge in [0.05, 0.1) is 16.1 Å². The summed E-state index contributed by atoms with van der Waals surface area (Å²) >= 11 is 4.93. The summed E-state index contributed by atoms with van der Waals surface area (Å²) in [6, 6.07) is 0.391. The van der Waals surface area contributed by atoms with Crippen molar-refractivity contribution in [2.45, 2.75) is 31.2 Å². The first kappa shape index (κ1) is 15.6. The fourth-order valence-electron chi connectivity index (χ4n) is 2.45. The minimum Gasteiger partial charge on any atom is -0.503 e. The number of phenolic OH excluding ortho intramolecular Hbond substituents is 1. The van der Waals surface area contributed by atoms with E-state index in [0.717, 1.165) is 12.8 Å². The average molecular weight is 318 g/mol. The van der Waals surface area contributed by atoms with Gasteiger partial charge in [0.2, 0.25) is 5.82 Å². The van der Waals surface area contributed by atoms with Crippen molar-refractivity contribution in [3.8, 4) is 5.75 Å². The molecule has 0 unspecified atom stereocenters. The van der Waals surface area contributed by atoms with E-state index in [4.69, 9.17) is 23.1 Å². The highest BCUT2D eigenvalue weighted by Gasteiger charge is 2.39. The van der Waals surface area contributed by atoms with Gasteiger partial charge in [-0.1, -0.05) is 25.1 Å². The second-order valence-corrected chi connectivity index (χ2v) is 5.43. The van der Waals surface area contributed by atoms with Crippen LogP contribution in [0.5, 0.6) is 5.75 Å². The van der Waals surface area contributed by atoms with Gasteiger partial charge in [0.15, 0.2) is 17.4 Å². The molecule has 2 rings (SSSR count). The predicted molar refractivity (Wildman–Crippen MR) is 73.4 cm³/mol. The van der Waals surface area contributed by atoms with Crippen LogP contribution in [0.4, 0.5) is 13.2 Å². The Balaban J connectivity index is 2.35. The van der Waals surface area contributed by atoms with Gasteiger partial charge >= 0.3 is 0 Å². The van der Waals surface area contributed by atoms with E-state index in [-0.39, 0.29) is 4.99 Å². The van der Waals surface area contributed by atoms with Crippen molar-refractivity contribution in [3.05, 3.63) is 29.1 Å². The number of aromatic hydroxyl groups is 1. The summed E-state index contributed by atoms with van der Waals surface area (Å²) in [4.78, 5) is 12.1. The van der Waals surface area contributed by atoms with Crippen LogP contribution in [0.2, 0.25) is 0 Å². The minimum absolute atomic E-state index is 0.0561. The van der Waals surface area contributed by atoms with E-state index in [1.54, 1.807) is 0 Å². The van der Waals surface area contributed by atoms with E-state index in [1.165, 1.54) is 0 Å². The van der Waals surface area contributed by atoms with Crippen LogP contribution in [0.25, 0.3) is 0 Å². The zero-order chi connectivity index (χ0) is 15.8. The monoisotopic (exact) mass is 318 g/mol. The van der Waals surface area contributed by atoms with E-state index in [9.17, 15) is 18.0 Å². The van der Waals surface area contributed by atoms with Gasteiger partial charge in [-0.25, -0.2) is 8.78 Å². The van der Waals surface area contributed by atoms with Crippen molar-refractivity contribution in [1.29, 1.82) is 0 Å². The standard InChI is InChI=1S/C13H13F3N2O2S/c14-7-5-6(8(15)10(19)9(7)16)11(20)18-13(12(17)21)3-1-2-4-13/h5,19H,1-4H2,(H2,17,21)(H,18,20). The average Bonchev–Trinajstić information content (AvgIpc) is 2.90. The molecule has 0 radical (unpaired) electrons. The molecule has 0 heterocycles. The first-order valence-corrected chi connectivity index (χ1v) is 6.68. The number of halogens is 3. The third-order valence-corrected chi connectivity index (χ3v) is 4.05. The zero-order valence-corrected chi connectivity index (χ0v) is 11.7. The largest absolute Gasteiger partial charge is 0.503 e.